The van der Waals surface area contributed by atoms with E-state index in [1.54, 1.807) is 6.08 Å². The lowest BCUT2D eigenvalue weighted by Crippen LogP contribution is -2.52. The Hall–Kier alpha value is -0.990. The van der Waals surface area contributed by atoms with Crippen molar-refractivity contribution in [2.75, 3.05) is 0 Å². The van der Waals surface area contributed by atoms with Gasteiger partial charge in [-0.15, -0.1) is 0 Å². The summed E-state index contributed by atoms with van der Waals surface area (Å²) in [7, 11) is 0. The molecule has 0 saturated heterocycles. The largest absolute Gasteiger partial charge is 0.502 e. The first-order valence-corrected chi connectivity index (χ1v) is 10.5. The minimum absolute atomic E-state index is 0.183. The molecule has 0 aromatic carbocycles. The van der Waals surface area contributed by atoms with Crippen LogP contribution in [0.1, 0.15) is 78.1 Å². The Kier molecular flexibility index (Phi) is 4.20. The molecule has 4 saturated carbocycles. The van der Waals surface area contributed by atoms with E-state index in [0.717, 1.165) is 24.2 Å². The van der Waals surface area contributed by atoms with Crippen molar-refractivity contribution in [3.63, 3.8) is 0 Å². The fourth-order valence-corrected chi connectivity index (χ4v) is 7.87. The highest BCUT2D eigenvalue weighted by Crippen LogP contribution is 2.67. The molecule has 3 nitrogen and oxygen atoms in total. The van der Waals surface area contributed by atoms with Gasteiger partial charge in [-0.05, 0) is 97.9 Å². The van der Waals surface area contributed by atoms with E-state index in [2.05, 4.69) is 13.8 Å². The summed E-state index contributed by atoms with van der Waals surface area (Å²) in [6.45, 7) is 4.98. The topological polar surface area (TPSA) is 57.5 Å². The van der Waals surface area contributed by atoms with Gasteiger partial charge in [-0.3, -0.25) is 0 Å². The molecule has 4 rings (SSSR count). The summed E-state index contributed by atoms with van der Waals surface area (Å²) in [5.74, 6) is 1.96. The molecule has 3 heteroatoms. The molecule has 0 radical (unpaired) electrons. The number of rotatable bonds is 2. The van der Waals surface area contributed by atoms with Crippen LogP contribution in [0.5, 0.6) is 0 Å². The van der Waals surface area contributed by atoms with E-state index >= 15 is 0 Å². The molecule has 0 spiro atoms. The van der Waals surface area contributed by atoms with Gasteiger partial charge in [0, 0.05) is 0 Å². The second kappa shape index (κ2) is 6.03. The van der Waals surface area contributed by atoms with E-state index in [1.165, 1.54) is 57.8 Å². The summed E-state index contributed by atoms with van der Waals surface area (Å²) in [5.41, 5.74) is 0.738. The van der Waals surface area contributed by atoms with Crippen molar-refractivity contribution in [1.29, 1.82) is 0 Å². The van der Waals surface area contributed by atoms with Gasteiger partial charge in [-0.2, -0.15) is 0 Å². The zero-order chi connectivity index (χ0) is 17.8. The maximum Gasteiger partial charge on any atom is 0.370 e. The van der Waals surface area contributed by atoms with Crippen LogP contribution in [0.4, 0.5) is 0 Å². The normalized spacial score (nSPS) is 49.8. The number of carboxylic acids is 1. The second-order valence-electron chi connectivity index (χ2n) is 9.99. The summed E-state index contributed by atoms with van der Waals surface area (Å²) >= 11 is 0. The second-order valence-corrected chi connectivity index (χ2v) is 9.99. The van der Waals surface area contributed by atoms with Gasteiger partial charge in [0.2, 0.25) is 0 Å². The average Bonchev–Trinajstić information content (AvgIpc) is 2.91. The van der Waals surface area contributed by atoms with Crippen molar-refractivity contribution >= 4 is 5.97 Å². The summed E-state index contributed by atoms with van der Waals surface area (Å²) < 4.78 is 0. The van der Waals surface area contributed by atoms with Crippen LogP contribution in [0.2, 0.25) is 0 Å². The Bertz CT molecular complexity index is 582. The number of aliphatic hydroxyl groups is 1. The van der Waals surface area contributed by atoms with Gasteiger partial charge in [-0.25, -0.2) is 4.79 Å². The average molecular weight is 347 g/mol. The van der Waals surface area contributed by atoms with Gasteiger partial charge in [0.15, 0.2) is 5.76 Å². The van der Waals surface area contributed by atoms with Crippen LogP contribution in [-0.4, -0.2) is 16.2 Å². The van der Waals surface area contributed by atoms with Crippen molar-refractivity contribution in [3.8, 4) is 0 Å². The van der Waals surface area contributed by atoms with Crippen LogP contribution < -0.4 is 0 Å². The summed E-state index contributed by atoms with van der Waals surface area (Å²) in [6, 6.07) is 0. The molecule has 4 fully saturated rings. The highest BCUT2D eigenvalue weighted by atomic mass is 16.4. The van der Waals surface area contributed by atoms with Crippen LogP contribution in [0.25, 0.3) is 0 Å². The van der Waals surface area contributed by atoms with Gasteiger partial charge in [-0.1, -0.05) is 26.7 Å². The predicted molar refractivity (Wildman–Crippen MR) is 98.2 cm³/mol. The van der Waals surface area contributed by atoms with E-state index < -0.39 is 11.7 Å². The molecule has 0 bridgehead atoms. The zero-order valence-corrected chi connectivity index (χ0v) is 15.8. The van der Waals surface area contributed by atoms with Crippen molar-refractivity contribution < 1.29 is 15.0 Å². The standard InChI is InChI=1S/C22H34O3/c1-21-11-4-3-5-14(21)6-8-16-17-9-7-15(13-19(23)20(24)25)22(17,2)12-10-18(16)21/h13-18,23H,3-12H2,1-2H3,(H,24,25)/t14?,15-,16+,17+,18+,21+,22-/m1/s1. The number of allylic oxidation sites excluding steroid dienone is 1. The molecule has 0 aromatic rings. The zero-order valence-electron chi connectivity index (χ0n) is 15.8. The van der Waals surface area contributed by atoms with E-state index in [-0.39, 0.29) is 11.3 Å². The Morgan fingerprint density at radius 3 is 2.40 bits per heavy atom. The molecule has 0 heterocycles. The minimum Gasteiger partial charge on any atom is -0.502 e. The molecule has 4 aliphatic carbocycles. The Morgan fingerprint density at radius 1 is 0.880 bits per heavy atom. The number of fused-ring (bicyclic) bond motifs is 5. The molecule has 0 amide bonds. The Balaban J connectivity index is 1.59. The third-order valence-electron chi connectivity index (χ3n) is 9.23. The molecule has 0 aromatic heterocycles. The van der Waals surface area contributed by atoms with Crippen molar-refractivity contribution in [2.24, 2.45) is 40.4 Å². The van der Waals surface area contributed by atoms with Crippen LogP contribution in [0, 0.1) is 40.4 Å². The third-order valence-corrected chi connectivity index (χ3v) is 9.23. The van der Waals surface area contributed by atoms with Gasteiger partial charge < -0.3 is 10.2 Å². The monoisotopic (exact) mass is 346 g/mol. The lowest BCUT2D eigenvalue weighted by Gasteiger charge is -2.60. The number of carboxylic acid groups (broad SMARTS) is 1. The fraction of sp³-hybridized carbons (Fsp3) is 0.864. The SMILES string of the molecule is C[C@]12CC[C@H]3[C@@H](CCC4CCCC[C@@]43C)[C@@H]1CC[C@@H]2C=C(O)C(=O)O. The number of aliphatic hydroxyl groups excluding tert-OH is 1. The van der Waals surface area contributed by atoms with Gasteiger partial charge in [0.05, 0.1) is 0 Å². The minimum atomic E-state index is -1.18. The van der Waals surface area contributed by atoms with Crippen LogP contribution in [0.15, 0.2) is 11.8 Å². The van der Waals surface area contributed by atoms with E-state index in [1.807, 2.05) is 0 Å². The lowest BCUT2D eigenvalue weighted by atomic mass is 9.45. The van der Waals surface area contributed by atoms with Crippen molar-refractivity contribution in [3.05, 3.63) is 11.8 Å². The quantitative estimate of drug-likeness (QED) is 0.508. The fourth-order valence-electron chi connectivity index (χ4n) is 7.87. The molecular weight excluding hydrogens is 312 g/mol. The van der Waals surface area contributed by atoms with Crippen LogP contribution in [-0.2, 0) is 4.79 Å². The van der Waals surface area contributed by atoms with Gasteiger partial charge in [0.25, 0.3) is 0 Å². The Labute approximate surface area is 151 Å². The summed E-state index contributed by atoms with van der Waals surface area (Å²) in [6.07, 6.45) is 14.9. The molecule has 2 N–H and O–H groups in total. The molecule has 0 aliphatic heterocycles. The smallest absolute Gasteiger partial charge is 0.370 e. The molecular formula is C22H34O3. The summed E-state index contributed by atoms with van der Waals surface area (Å²) in [4.78, 5) is 11.1. The van der Waals surface area contributed by atoms with E-state index in [0.29, 0.717) is 11.3 Å². The number of hydrogen-bond donors (Lipinski definition) is 2. The predicted octanol–water partition coefficient (Wildman–Crippen LogP) is 5.56. The highest BCUT2D eigenvalue weighted by Gasteiger charge is 2.59. The number of carbonyl (C=O) groups is 1. The van der Waals surface area contributed by atoms with E-state index in [4.69, 9.17) is 5.11 Å². The first kappa shape index (κ1) is 17.4. The molecule has 7 atom stereocenters. The van der Waals surface area contributed by atoms with Crippen LogP contribution >= 0.6 is 0 Å². The maximum atomic E-state index is 11.1. The molecule has 4 aliphatic rings. The third kappa shape index (κ3) is 2.56. The highest BCUT2D eigenvalue weighted by molar-refractivity contribution is 5.83. The van der Waals surface area contributed by atoms with E-state index in [9.17, 15) is 9.90 Å². The molecule has 25 heavy (non-hydrogen) atoms. The lowest BCUT2D eigenvalue weighted by molar-refractivity contribution is -0.135. The Morgan fingerprint density at radius 2 is 1.64 bits per heavy atom. The molecule has 140 valence electrons. The first-order valence-electron chi connectivity index (χ1n) is 10.5. The molecule has 1 unspecified atom stereocenters. The maximum absolute atomic E-state index is 11.1. The number of aliphatic carboxylic acids is 1. The van der Waals surface area contributed by atoms with Crippen molar-refractivity contribution in [1.82, 2.24) is 0 Å². The first-order chi connectivity index (χ1) is 11.9. The van der Waals surface area contributed by atoms with Gasteiger partial charge in [0.1, 0.15) is 0 Å². The van der Waals surface area contributed by atoms with Gasteiger partial charge >= 0.3 is 5.97 Å². The van der Waals surface area contributed by atoms with Crippen LogP contribution in [0.3, 0.4) is 0 Å². The van der Waals surface area contributed by atoms with Crippen molar-refractivity contribution in [2.45, 2.75) is 78.1 Å². The number of hydrogen-bond acceptors (Lipinski definition) is 2. The summed E-state index contributed by atoms with van der Waals surface area (Å²) in [5, 5.41) is 18.8.